The van der Waals surface area contributed by atoms with Crippen molar-refractivity contribution in [3.63, 3.8) is 0 Å². The third-order valence-electron chi connectivity index (χ3n) is 4.25. The van der Waals surface area contributed by atoms with Crippen LogP contribution in [0.15, 0.2) is 0 Å². The minimum absolute atomic E-state index is 0.381. The van der Waals surface area contributed by atoms with Gasteiger partial charge >= 0.3 is 0 Å². The molecule has 0 bridgehead atoms. The van der Waals surface area contributed by atoms with E-state index in [1.54, 1.807) is 0 Å². The summed E-state index contributed by atoms with van der Waals surface area (Å²) in [4.78, 5) is 2.76. The molecule has 2 fully saturated rings. The first-order chi connectivity index (χ1) is 8.02. The van der Waals surface area contributed by atoms with Gasteiger partial charge in [0.1, 0.15) is 0 Å². The highest BCUT2D eigenvalue weighted by Crippen LogP contribution is 2.37. The molecule has 0 amide bonds. The molecule has 1 N–H and O–H groups in total. The van der Waals surface area contributed by atoms with E-state index in [9.17, 15) is 0 Å². The molecule has 1 aliphatic carbocycles. The molecule has 100 valence electrons. The molecule has 3 heteroatoms. The van der Waals surface area contributed by atoms with Gasteiger partial charge < -0.3 is 5.32 Å². The SMILES string of the molecule is CSCCN1CC(C(C)(C)C)NCC1C1CC1. The Bertz CT molecular complexity index is 245. The fraction of sp³-hybridized carbons (Fsp3) is 1.00. The molecule has 2 aliphatic rings. The van der Waals surface area contributed by atoms with Gasteiger partial charge in [0.15, 0.2) is 0 Å². The summed E-state index contributed by atoms with van der Waals surface area (Å²) in [5.74, 6) is 2.27. The molecule has 2 atom stereocenters. The predicted octanol–water partition coefficient (Wildman–Crippen LogP) is 2.45. The molecule has 0 radical (unpaired) electrons. The van der Waals surface area contributed by atoms with Crippen molar-refractivity contribution < 1.29 is 0 Å². The zero-order chi connectivity index (χ0) is 12.5. The highest BCUT2D eigenvalue weighted by Gasteiger charge is 2.40. The van der Waals surface area contributed by atoms with Gasteiger partial charge in [0.05, 0.1) is 0 Å². The summed E-state index contributed by atoms with van der Waals surface area (Å²) < 4.78 is 0. The third-order valence-corrected chi connectivity index (χ3v) is 4.84. The normalized spacial score (nSPS) is 31.8. The van der Waals surface area contributed by atoms with Crippen molar-refractivity contribution in [3.8, 4) is 0 Å². The Hall–Kier alpha value is 0.270. The van der Waals surface area contributed by atoms with Crippen LogP contribution in [0.3, 0.4) is 0 Å². The minimum Gasteiger partial charge on any atom is -0.311 e. The number of piperazine rings is 1. The van der Waals surface area contributed by atoms with Gasteiger partial charge in [-0.05, 0) is 30.4 Å². The van der Waals surface area contributed by atoms with E-state index >= 15 is 0 Å². The maximum atomic E-state index is 3.79. The van der Waals surface area contributed by atoms with E-state index in [1.807, 2.05) is 11.8 Å². The van der Waals surface area contributed by atoms with E-state index in [2.05, 4.69) is 37.2 Å². The van der Waals surface area contributed by atoms with Crippen LogP contribution in [0.25, 0.3) is 0 Å². The number of nitrogens with zero attached hydrogens (tertiary/aromatic N) is 1. The molecule has 1 saturated carbocycles. The Kier molecular flexibility index (Phi) is 4.43. The number of thioether (sulfide) groups is 1. The first-order valence-corrected chi connectivity index (χ1v) is 8.38. The van der Waals surface area contributed by atoms with Crippen LogP contribution in [-0.4, -0.2) is 48.6 Å². The lowest BCUT2D eigenvalue weighted by Gasteiger charge is -2.45. The van der Waals surface area contributed by atoms with Crippen molar-refractivity contribution in [2.45, 2.75) is 45.7 Å². The molecule has 1 saturated heterocycles. The average molecular weight is 256 g/mol. The van der Waals surface area contributed by atoms with Gasteiger partial charge in [0.2, 0.25) is 0 Å². The molecule has 0 aromatic heterocycles. The van der Waals surface area contributed by atoms with Crippen molar-refractivity contribution in [1.82, 2.24) is 10.2 Å². The van der Waals surface area contributed by atoms with Crippen LogP contribution in [0.5, 0.6) is 0 Å². The Labute approximate surface area is 111 Å². The largest absolute Gasteiger partial charge is 0.311 e. The van der Waals surface area contributed by atoms with Gasteiger partial charge in [-0.25, -0.2) is 0 Å². The quantitative estimate of drug-likeness (QED) is 0.832. The molecule has 2 rings (SSSR count). The first-order valence-electron chi connectivity index (χ1n) is 6.98. The predicted molar refractivity (Wildman–Crippen MR) is 77.7 cm³/mol. The van der Waals surface area contributed by atoms with Crippen LogP contribution in [0.2, 0.25) is 0 Å². The molecular formula is C14H28N2S. The Balaban J connectivity index is 1.94. The van der Waals surface area contributed by atoms with E-state index < -0.39 is 0 Å². The fourth-order valence-corrected chi connectivity index (χ4v) is 3.24. The number of rotatable bonds is 4. The van der Waals surface area contributed by atoms with Gasteiger partial charge in [-0.15, -0.1) is 0 Å². The Morgan fingerprint density at radius 2 is 2.00 bits per heavy atom. The summed E-state index contributed by atoms with van der Waals surface area (Å²) in [5.41, 5.74) is 0.381. The second kappa shape index (κ2) is 5.50. The fourth-order valence-electron chi connectivity index (χ4n) is 2.82. The van der Waals surface area contributed by atoms with Gasteiger partial charge in [0, 0.05) is 37.5 Å². The third kappa shape index (κ3) is 3.62. The van der Waals surface area contributed by atoms with E-state index in [-0.39, 0.29) is 0 Å². The summed E-state index contributed by atoms with van der Waals surface area (Å²) >= 11 is 1.98. The number of hydrogen-bond donors (Lipinski definition) is 1. The average Bonchev–Trinajstić information content (AvgIpc) is 3.08. The van der Waals surface area contributed by atoms with Crippen molar-refractivity contribution in [1.29, 1.82) is 0 Å². The summed E-state index contributed by atoms with van der Waals surface area (Å²) in [7, 11) is 0. The van der Waals surface area contributed by atoms with E-state index in [0.29, 0.717) is 11.5 Å². The van der Waals surface area contributed by atoms with Crippen LogP contribution in [-0.2, 0) is 0 Å². The van der Waals surface area contributed by atoms with Crippen molar-refractivity contribution in [3.05, 3.63) is 0 Å². The highest BCUT2D eigenvalue weighted by atomic mass is 32.2. The van der Waals surface area contributed by atoms with Crippen LogP contribution in [0.4, 0.5) is 0 Å². The summed E-state index contributed by atoms with van der Waals surface area (Å²) in [6.07, 6.45) is 5.14. The van der Waals surface area contributed by atoms with E-state index in [1.165, 1.54) is 38.2 Å². The molecule has 1 heterocycles. The lowest BCUT2D eigenvalue weighted by atomic mass is 9.84. The van der Waals surface area contributed by atoms with E-state index in [4.69, 9.17) is 0 Å². The van der Waals surface area contributed by atoms with Gasteiger partial charge in [0.25, 0.3) is 0 Å². The van der Waals surface area contributed by atoms with Crippen LogP contribution < -0.4 is 5.32 Å². The minimum atomic E-state index is 0.381. The second-order valence-electron chi connectivity index (χ2n) is 6.72. The second-order valence-corrected chi connectivity index (χ2v) is 7.70. The monoisotopic (exact) mass is 256 g/mol. The van der Waals surface area contributed by atoms with Gasteiger partial charge in [-0.1, -0.05) is 20.8 Å². The lowest BCUT2D eigenvalue weighted by Crippen LogP contribution is -2.61. The van der Waals surface area contributed by atoms with Gasteiger partial charge in [-0.2, -0.15) is 11.8 Å². The summed E-state index contributed by atoms with van der Waals surface area (Å²) in [5, 5.41) is 3.79. The summed E-state index contributed by atoms with van der Waals surface area (Å²) in [6, 6.07) is 1.47. The Morgan fingerprint density at radius 3 is 2.53 bits per heavy atom. The molecule has 1 aliphatic heterocycles. The van der Waals surface area contributed by atoms with Crippen LogP contribution >= 0.6 is 11.8 Å². The van der Waals surface area contributed by atoms with Crippen molar-refractivity contribution in [2.24, 2.45) is 11.3 Å². The molecule has 2 unspecified atom stereocenters. The number of nitrogens with one attached hydrogen (secondary N) is 1. The van der Waals surface area contributed by atoms with Gasteiger partial charge in [-0.3, -0.25) is 4.90 Å². The highest BCUT2D eigenvalue weighted by molar-refractivity contribution is 7.98. The van der Waals surface area contributed by atoms with Crippen molar-refractivity contribution >= 4 is 11.8 Å². The molecule has 17 heavy (non-hydrogen) atoms. The lowest BCUT2D eigenvalue weighted by molar-refractivity contribution is 0.0807. The molecular weight excluding hydrogens is 228 g/mol. The first kappa shape index (κ1) is 13.7. The maximum Gasteiger partial charge on any atom is 0.0249 e. The summed E-state index contributed by atoms with van der Waals surface area (Å²) in [6.45, 7) is 10.8. The smallest absolute Gasteiger partial charge is 0.0249 e. The topological polar surface area (TPSA) is 15.3 Å². The molecule has 2 nitrogen and oxygen atoms in total. The Morgan fingerprint density at radius 1 is 1.29 bits per heavy atom. The van der Waals surface area contributed by atoms with Crippen LogP contribution in [0, 0.1) is 11.3 Å². The standard InChI is InChI=1S/C14H28N2S/c1-14(2,3)13-10-16(7-8-17-4)12(9-15-13)11-5-6-11/h11-13,15H,5-10H2,1-4H3. The zero-order valence-electron chi connectivity index (χ0n) is 11.8. The van der Waals surface area contributed by atoms with E-state index in [0.717, 1.165) is 12.0 Å². The maximum absolute atomic E-state index is 3.79. The zero-order valence-corrected chi connectivity index (χ0v) is 12.6. The number of hydrogen-bond acceptors (Lipinski definition) is 3. The van der Waals surface area contributed by atoms with Crippen molar-refractivity contribution in [2.75, 3.05) is 31.6 Å². The molecule has 0 spiro atoms. The molecule has 0 aromatic rings. The molecule has 0 aromatic carbocycles. The van der Waals surface area contributed by atoms with Crippen LogP contribution in [0.1, 0.15) is 33.6 Å².